The van der Waals surface area contributed by atoms with Crippen LogP contribution in [0.5, 0.6) is 0 Å². The Bertz CT molecular complexity index is 454. The number of amides is 2. The first-order valence-corrected chi connectivity index (χ1v) is 7.16. The van der Waals surface area contributed by atoms with Crippen LogP contribution < -0.4 is 5.32 Å². The molecule has 102 valence electrons. The zero-order valence-electron chi connectivity index (χ0n) is 11.3. The van der Waals surface area contributed by atoms with Crippen LogP contribution in [-0.2, 0) is 13.0 Å². The molecule has 0 aliphatic carbocycles. The van der Waals surface area contributed by atoms with E-state index in [9.17, 15) is 4.79 Å². The summed E-state index contributed by atoms with van der Waals surface area (Å²) >= 11 is 0. The Morgan fingerprint density at radius 3 is 2.53 bits per heavy atom. The predicted molar refractivity (Wildman–Crippen MR) is 75.0 cm³/mol. The SMILES string of the molecule is O=C(N1CCNCC1)N1CCCc2ccccc2C1. The lowest BCUT2D eigenvalue weighted by Gasteiger charge is -2.33. The summed E-state index contributed by atoms with van der Waals surface area (Å²) in [5, 5.41) is 3.29. The van der Waals surface area contributed by atoms with Crippen molar-refractivity contribution in [2.75, 3.05) is 32.7 Å². The molecule has 0 aromatic heterocycles. The first kappa shape index (κ1) is 12.5. The molecule has 0 atom stereocenters. The number of hydrogen-bond acceptors (Lipinski definition) is 2. The van der Waals surface area contributed by atoms with Crippen LogP contribution in [-0.4, -0.2) is 48.6 Å². The Morgan fingerprint density at radius 2 is 1.74 bits per heavy atom. The average Bonchev–Trinajstić information content (AvgIpc) is 2.69. The van der Waals surface area contributed by atoms with Crippen LogP contribution in [0.25, 0.3) is 0 Å². The molecule has 1 N–H and O–H groups in total. The molecule has 0 bridgehead atoms. The number of hydrogen-bond donors (Lipinski definition) is 1. The quantitative estimate of drug-likeness (QED) is 0.765. The second kappa shape index (κ2) is 5.61. The molecule has 2 heterocycles. The fourth-order valence-electron chi connectivity index (χ4n) is 2.92. The predicted octanol–water partition coefficient (Wildman–Crippen LogP) is 1.46. The minimum absolute atomic E-state index is 0.207. The molecule has 2 aliphatic rings. The number of nitrogens with one attached hydrogen (secondary N) is 1. The maximum Gasteiger partial charge on any atom is 0.320 e. The van der Waals surface area contributed by atoms with Crippen LogP contribution in [0.1, 0.15) is 17.5 Å². The number of rotatable bonds is 0. The third-order valence-corrected chi connectivity index (χ3v) is 4.01. The van der Waals surface area contributed by atoms with Gasteiger partial charge in [-0.15, -0.1) is 0 Å². The van der Waals surface area contributed by atoms with Crippen molar-refractivity contribution in [3.8, 4) is 0 Å². The molecule has 4 heteroatoms. The molecule has 0 saturated carbocycles. The summed E-state index contributed by atoms with van der Waals surface area (Å²) in [5.74, 6) is 0. The van der Waals surface area contributed by atoms with E-state index in [1.165, 1.54) is 11.1 Å². The summed E-state index contributed by atoms with van der Waals surface area (Å²) in [7, 11) is 0. The van der Waals surface area contributed by atoms with E-state index in [4.69, 9.17) is 0 Å². The van der Waals surface area contributed by atoms with E-state index in [2.05, 4.69) is 29.6 Å². The molecule has 1 aromatic rings. The number of urea groups is 1. The fraction of sp³-hybridized carbons (Fsp3) is 0.533. The van der Waals surface area contributed by atoms with Gasteiger partial charge in [-0.3, -0.25) is 0 Å². The van der Waals surface area contributed by atoms with Crippen LogP contribution in [0.3, 0.4) is 0 Å². The monoisotopic (exact) mass is 259 g/mol. The molecule has 0 spiro atoms. The Hall–Kier alpha value is -1.55. The van der Waals surface area contributed by atoms with Gasteiger partial charge < -0.3 is 15.1 Å². The van der Waals surface area contributed by atoms with Gasteiger partial charge >= 0.3 is 6.03 Å². The highest BCUT2D eigenvalue weighted by atomic mass is 16.2. The van der Waals surface area contributed by atoms with Crippen LogP contribution in [0.2, 0.25) is 0 Å². The highest BCUT2D eigenvalue weighted by Crippen LogP contribution is 2.19. The van der Waals surface area contributed by atoms with Crippen LogP contribution in [0.4, 0.5) is 4.79 Å². The second-order valence-corrected chi connectivity index (χ2v) is 5.31. The third-order valence-electron chi connectivity index (χ3n) is 4.01. The van der Waals surface area contributed by atoms with E-state index in [1.807, 2.05) is 9.80 Å². The van der Waals surface area contributed by atoms with E-state index in [-0.39, 0.29) is 6.03 Å². The summed E-state index contributed by atoms with van der Waals surface area (Å²) in [4.78, 5) is 16.5. The standard InChI is InChI=1S/C15H21N3O/c19-15(17-10-7-16-8-11-17)18-9-3-6-13-4-1-2-5-14(13)12-18/h1-2,4-5,16H,3,6-12H2. The lowest BCUT2D eigenvalue weighted by atomic mass is 10.0. The lowest BCUT2D eigenvalue weighted by molar-refractivity contribution is 0.144. The van der Waals surface area contributed by atoms with Crippen molar-refractivity contribution in [1.82, 2.24) is 15.1 Å². The molecule has 2 amide bonds. The smallest absolute Gasteiger partial charge is 0.320 e. The van der Waals surface area contributed by atoms with Crippen LogP contribution in [0, 0.1) is 0 Å². The molecule has 1 saturated heterocycles. The first-order chi connectivity index (χ1) is 9.34. The number of carbonyl (C=O) groups excluding carboxylic acids is 1. The number of carbonyl (C=O) groups is 1. The molecule has 2 aliphatic heterocycles. The molecule has 1 aromatic carbocycles. The van der Waals surface area contributed by atoms with Crippen molar-refractivity contribution in [3.63, 3.8) is 0 Å². The van der Waals surface area contributed by atoms with E-state index < -0.39 is 0 Å². The van der Waals surface area contributed by atoms with Gasteiger partial charge in [0.25, 0.3) is 0 Å². The van der Waals surface area contributed by atoms with Crippen LogP contribution in [0.15, 0.2) is 24.3 Å². The van der Waals surface area contributed by atoms with E-state index in [1.54, 1.807) is 0 Å². The zero-order chi connectivity index (χ0) is 13.1. The van der Waals surface area contributed by atoms with Gasteiger partial charge in [-0.05, 0) is 24.0 Å². The van der Waals surface area contributed by atoms with Crippen molar-refractivity contribution in [2.45, 2.75) is 19.4 Å². The van der Waals surface area contributed by atoms with Gasteiger partial charge in [-0.25, -0.2) is 4.79 Å². The van der Waals surface area contributed by atoms with Gasteiger partial charge in [0.2, 0.25) is 0 Å². The average molecular weight is 259 g/mol. The summed E-state index contributed by atoms with van der Waals surface area (Å²) in [6.07, 6.45) is 2.15. The van der Waals surface area contributed by atoms with E-state index >= 15 is 0 Å². The van der Waals surface area contributed by atoms with Crippen LogP contribution >= 0.6 is 0 Å². The molecular weight excluding hydrogens is 238 g/mol. The summed E-state index contributed by atoms with van der Waals surface area (Å²) in [6.45, 7) is 5.12. The number of piperazine rings is 1. The normalized spacial score (nSPS) is 19.8. The van der Waals surface area contributed by atoms with Gasteiger partial charge in [-0.2, -0.15) is 0 Å². The highest BCUT2D eigenvalue weighted by molar-refractivity contribution is 5.74. The third kappa shape index (κ3) is 2.73. The van der Waals surface area contributed by atoms with E-state index in [0.717, 1.165) is 52.1 Å². The lowest BCUT2D eigenvalue weighted by Crippen LogP contribution is -2.51. The van der Waals surface area contributed by atoms with Gasteiger partial charge in [0.1, 0.15) is 0 Å². The number of benzene rings is 1. The van der Waals surface area contributed by atoms with Crippen molar-refractivity contribution in [1.29, 1.82) is 0 Å². The van der Waals surface area contributed by atoms with Gasteiger partial charge in [0.15, 0.2) is 0 Å². The number of fused-ring (bicyclic) bond motifs is 1. The Kier molecular flexibility index (Phi) is 3.69. The fourth-order valence-corrected chi connectivity index (χ4v) is 2.92. The molecule has 0 radical (unpaired) electrons. The highest BCUT2D eigenvalue weighted by Gasteiger charge is 2.24. The molecule has 19 heavy (non-hydrogen) atoms. The van der Waals surface area contributed by atoms with E-state index in [0.29, 0.717) is 0 Å². The Balaban J connectivity index is 1.73. The Labute approximate surface area is 114 Å². The van der Waals surface area contributed by atoms with Gasteiger partial charge in [0.05, 0.1) is 0 Å². The van der Waals surface area contributed by atoms with Crippen molar-refractivity contribution in [2.24, 2.45) is 0 Å². The number of aryl methyl sites for hydroxylation is 1. The minimum Gasteiger partial charge on any atom is -0.322 e. The molecular formula is C15H21N3O. The topological polar surface area (TPSA) is 35.6 Å². The first-order valence-electron chi connectivity index (χ1n) is 7.16. The maximum atomic E-state index is 12.5. The molecule has 1 fully saturated rings. The molecule has 3 rings (SSSR count). The summed E-state index contributed by atoms with van der Waals surface area (Å²) in [6, 6.07) is 8.70. The largest absolute Gasteiger partial charge is 0.322 e. The van der Waals surface area contributed by atoms with Gasteiger partial charge in [0, 0.05) is 39.3 Å². The molecule has 0 unspecified atom stereocenters. The maximum absolute atomic E-state index is 12.5. The zero-order valence-corrected chi connectivity index (χ0v) is 11.3. The second-order valence-electron chi connectivity index (χ2n) is 5.31. The summed E-state index contributed by atoms with van der Waals surface area (Å²) < 4.78 is 0. The van der Waals surface area contributed by atoms with Crippen molar-refractivity contribution >= 4 is 6.03 Å². The Morgan fingerprint density at radius 1 is 1.00 bits per heavy atom. The minimum atomic E-state index is 0.207. The van der Waals surface area contributed by atoms with Crippen molar-refractivity contribution in [3.05, 3.63) is 35.4 Å². The molecule has 4 nitrogen and oxygen atoms in total. The number of nitrogens with zero attached hydrogens (tertiary/aromatic N) is 2. The van der Waals surface area contributed by atoms with Gasteiger partial charge in [-0.1, -0.05) is 24.3 Å². The summed E-state index contributed by atoms with van der Waals surface area (Å²) in [5.41, 5.74) is 2.71. The van der Waals surface area contributed by atoms with Crippen molar-refractivity contribution < 1.29 is 4.79 Å².